The highest BCUT2D eigenvalue weighted by Crippen LogP contribution is 2.28. The van der Waals surface area contributed by atoms with Gasteiger partial charge in [0, 0.05) is 36.3 Å². The van der Waals surface area contributed by atoms with Crippen molar-refractivity contribution in [3.05, 3.63) is 82.5 Å². The minimum atomic E-state index is -0.164. The van der Waals surface area contributed by atoms with Crippen LogP contribution in [0.25, 0.3) is 11.1 Å². The first-order valence-electron chi connectivity index (χ1n) is 15.1. The van der Waals surface area contributed by atoms with Gasteiger partial charge in [-0.25, -0.2) is 4.98 Å². The van der Waals surface area contributed by atoms with Gasteiger partial charge in [-0.05, 0) is 99.6 Å². The predicted molar refractivity (Wildman–Crippen MR) is 166 cm³/mol. The SMILES string of the molecule is Cc1ccc(COC[C@H]2CCC[C@@H]2NC(=O)c2cc(-c3cccc(CNC4CCN(C)CC4)c3)cnc2N)cc1C. The van der Waals surface area contributed by atoms with Crippen LogP contribution in [-0.4, -0.2) is 54.6 Å². The van der Waals surface area contributed by atoms with Crippen LogP contribution < -0.4 is 16.4 Å². The molecule has 41 heavy (non-hydrogen) atoms. The third-order valence-electron chi connectivity index (χ3n) is 8.88. The predicted octanol–water partition coefficient (Wildman–Crippen LogP) is 5.25. The maximum Gasteiger partial charge on any atom is 0.255 e. The van der Waals surface area contributed by atoms with E-state index in [-0.39, 0.29) is 23.7 Å². The second kappa shape index (κ2) is 13.6. The quantitative estimate of drug-likeness (QED) is 0.317. The number of aryl methyl sites for hydroxylation is 2. The fraction of sp³-hybridized carbons (Fsp3) is 0.471. The highest BCUT2D eigenvalue weighted by molar-refractivity contribution is 5.99. The number of nitrogens with zero attached hydrogens (tertiary/aromatic N) is 2. The molecule has 2 atom stereocenters. The van der Waals surface area contributed by atoms with Crippen molar-refractivity contribution in [2.75, 3.05) is 32.5 Å². The Kier molecular flexibility index (Phi) is 9.70. The molecule has 2 aliphatic rings. The average Bonchev–Trinajstić information content (AvgIpc) is 3.41. The zero-order valence-electron chi connectivity index (χ0n) is 24.8. The Labute approximate surface area is 244 Å². The molecule has 1 aromatic heterocycles. The summed E-state index contributed by atoms with van der Waals surface area (Å²) in [6, 6.07) is 17.4. The summed E-state index contributed by atoms with van der Waals surface area (Å²) in [7, 11) is 2.18. The molecule has 2 heterocycles. The molecule has 4 N–H and O–H groups in total. The van der Waals surface area contributed by atoms with Gasteiger partial charge in [-0.2, -0.15) is 0 Å². The van der Waals surface area contributed by atoms with Gasteiger partial charge in [0.25, 0.3) is 5.91 Å². The number of aromatic nitrogens is 1. The van der Waals surface area contributed by atoms with Crippen molar-refractivity contribution >= 4 is 11.7 Å². The van der Waals surface area contributed by atoms with Gasteiger partial charge in [-0.3, -0.25) is 4.79 Å². The van der Waals surface area contributed by atoms with E-state index in [2.05, 4.69) is 83.9 Å². The number of piperidine rings is 1. The fourth-order valence-corrected chi connectivity index (χ4v) is 6.04. The van der Waals surface area contributed by atoms with Crippen molar-refractivity contribution in [3.8, 4) is 11.1 Å². The third kappa shape index (κ3) is 7.73. The lowest BCUT2D eigenvalue weighted by atomic mass is 10.0. The van der Waals surface area contributed by atoms with E-state index in [0.29, 0.717) is 24.8 Å². The summed E-state index contributed by atoms with van der Waals surface area (Å²) in [6.45, 7) is 8.57. The second-order valence-electron chi connectivity index (χ2n) is 12.0. The molecule has 2 fully saturated rings. The minimum Gasteiger partial charge on any atom is -0.383 e. The molecule has 0 radical (unpaired) electrons. The standard InChI is InChI=1S/C34H45N5O2/c1-23-10-11-26(16-24(23)2)21-41-22-28-8-5-9-32(28)38-34(40)31-18-29(20-37-33(31)35)27-7-4-6-25(17-27)19-36-30-12-14-39(3)15-13-30/h4,6-7,10-11,16-18,20,28,30,32,36H,5,8-9,12-15,19,21-22H2,1-3H3,(H2,35,37)(H,38,40)/t28-,32+/m1/s1. The fourth-order valence-electron chi connectivity index (χ4n) is 6.04. The molecular weight excluding hydrogens is 510 g/mol. The number of benzene rings is 2. The Morgan fingerprint density at radius 2 is 1.83 bits per heavy atom. The number of amides is 1. The van der Waals surface area contributed by atoms with E-state index in [4.69, 9.17) is 10.5 Å². The van der Waals surface area contributed by atoms with Crippen LogP contribution in [0.4, 0.5) is 5.82 Å². The van der Waals surface area contributed by atoms with Crippen LogP contribution in [0.1, 0.15) is 64.7 Å². The number of nitrogens with two attached hydrogens (primary N) is 1. The lowest BCUT2D eigenvalue weighted by Gasteiger charge is -2.29. The van der Waals surface area contributed by atoms with Crippen LogP contribution in [0, 0.1) is 19.8 Å². The molecule has 1 aliphatic carbocycles. The number of pyridine rings is 1. The highest BCUT2D eigenvalue weighted by Gasteiger charge is 2.29. The number of carbonyl (C=O) groups is 1. The zero-order valence-corrected chi connectivity index (χ0v) is 24.8. The molecule has 7 nitrogen and oxygen atoms in total. The number of nitrogens with one attached hydrogen (secondary N) is 2. The summed E-state index contributed by atoms with van der Waals surface area (Å²) in [6.07, 6.45) is 7.18. The molecule has 1 saturated heterocycles. The molecule has 5 rings (SSSR count). The van der Waals surface area contributed by atoms with Crippen molar-refractivity contribution in [3.63, 3.8) is 0 Å². The summed E-state index contributed by atoms with van der Waals surface area (Å²) >= 11 is 0. The van der Waals surface area contributed by atoms with Crippen LogP contribution in [0.3, 0.4) is 0 Å². The first kappa shape index (κ1) is 29.2. The van der Waals surface area contributed by atoms with Gasteiger partial charge >= 0.3 is 0 Å². The van der Waals surface area contributed by atoms with Crippen molar-refractivity contribution < 1.29 is 9.53 Å². The van der Waals surface area contributed by atoms with Crippen molar-refractivity contribution in [2.45, 2.75) is 71.2 Å². The molecule has 1 saturated carbocycles. The average molecular weight is 556 g/mol. The third-order valence-corrected chi connectivity index (χ3v) is 8.88. The number of hydrogen-bond donors (Lipinski definition) is 3. The molecule has 1 amide bonds. The Morgan fingerprint density at radius 3 is 2.63 bits per heavy atom. The van der Waals surface area contributed by atoms with Crippen LogP contribution in [0.15, 0.2) is 54.7 Å². The molecule has 7 heteroatoms. The summed E-state index contributed by atoms with van der Waals surface area (Å²) in [5, 5.41) is 6.96. The van der Waals surface area contributed by atoms with Crippen molar-refractivity contribution in [1.29, 1.82) is 0 Å². The molecule has 0 bridgehead atoms. The highest BCUT2D eigenvalue weighted by atomic mass is 16.5. The van der Waals surface area contributed by atoms with Crippen LogP contribution >= 0.6 is 0 Å². The van der Waals surface area contributed by atoms with Crippen LogP contribution in [-0.2, 0) is 17.9 Å². The Morgan fingerprint density at radius 1 is 1.00 bits per heavy atom. The largest absolute Gasteiger partial charge is 0.383 e. The lowest BCUT2D eigenvalue weighted by Crippen LogP contribution is -2.40. The van der Waals surface area contributed by atoms with E-state index >= 15 is 0 Å². The first-order valence-corrected chi connectivity index (χ1v) is 15.1. The van der Waals surface area contributed by atoms with E-state index in [9.17, 15) is 4.79 Å². The van der Waals surface area contributed by atoms with E-state index in [1.807, 2.05) is 6.07 Å². The minimum absolute atomic E-state index is 0.0688. The van der Waals surface area contributed by atoms with E-state index < -0.39 is 0 Å². The summed E-state index contributed by atoms with van der Waals surface area (Å²) in [5.74, 6) is 0.381. The smallest absolute Gasteiger partial charge is 0.255 e. The second-order valence-corrected chi connectivity index (χ2v) is 12.0. The van der Waals surface area contributed by atoms with Gasteiger partial charge in [0.1, 0.15) is 5.82 Å². The number of rotatable bonds is 10. The number of nitrogen functional groups attached to an aromatic ring is 1. The number of likely N-dealkylation sites (tertiary alicyclic amines) is 1. The number of hydrogen-bond acceptors (Lipinski definition) is 6. The van der Waals surface area contributed by atoms with Crippen molar-refractivity contribution in [1.82, 2.24) is 20.5 Å². The molecule has 1 aliphatic heterocycles. The first-order chi connectivity index (χ1) is 19.9. The van der Waals surface area contributed by atoms with Gasteiger partial charge < -0.3 is 26.0 Å². The number of anilines is 1. The van der Waals surface area contributed by atoms with Crippen LogP contribution in [0.5, 0.6) is 0 Å². The number of carbonyl (C=O) groups excluding carboxylic acids is 1. The van der Waals surface area contributed by atoms with Gasteiger partial charge in [0.2, 0.25) is 0 Å². The van der Waals surface area contributed by atoms with E-state index in [1.165, 1.54) is 35.1 Å². The monoisotopic (exact) mass is 555 g/mol. The molecule has 0 unspecified atom stereocenters. The maximum atomic E-state index is 13.4. The van der Waals surface area contributed by atoms with E-state index in [1.54, 1.807) is 6.20 Å². The summed E-state index contributed by atoms with van der Waals surface area (Å²) in [4.78, 5) is 20.2. The molecule has 218 valence electrons. The Bertz CT molecular complexity index is 1330. The summed E-state index contributed by atoms with van der Waals surface area (Å²) < 4.78 is 6.10. The molecular formula is C34H45N5O2. The van der Waals surface area contributed by atoms with E-state index in [0.717, 1.165) is 50.0 Å². The zero-order chi connectivity index (χ0) is 28.8. The maximum absolute atomic E-state index is 13.4. The Balaban J connectivity index is 1.18. The van der Waals surface area contributed by atoms with Crippen molar-refractivity contribution in [2.24, 2.45) is 5.92 Å². The Hall–Kier alpha value is -3.26. The molecule has 2 aromatic carbocycles. The molecule has 3 aromatic rings. The topological polar surface area (TPSA) is 92.5 Å². The van der Waals surface area contributed by atoms with Gasteiger partial charge in [-0.15, -0.1) is 0 Å². The van der Waals surface area contributed by atoms with Gasteiger partial charge in [0.15, 0.2) is 0 Å². The summed E-state index contributed by atoms with van der Waals surface area (Å²) in [5.41, 5.74) is 13.5. The lowest BCUT2D eigenvalue weighted by molar-refractivity contribution is 0.0742. The number of ether oxygens (including phenoxy) is 1. The van der Waals surface area contributed by atoms with Crippen LogP contribution in [0.2, 0.25) is 0 Å². The molecule has 0 spiro atoms. The van der Waals surface area contributed by atoms with Gasteiger partial charge in [-0.1, -0.05) is 42.8 Å². The normalized spacial score (nSPS) is 19.9. The van der Waals surface area contributed by atoms with Gasteiger partial charge in [0.05, 0.1) is 18.8 Å².